The molecule has 0 aliphatic rings. The molecule has 0 fully saturated rings. The number of amides is 1. The molecule has 1 N–H and O–H groups in total. The van der Waals surface area contributed by atoms with Crippen LogP contribution in [0.2, 0.25) is 0 Å². The zero-order chi connectivity index (χ0) is 18.6. The normalized spacial score (nSPS) is 10.9. The topological polar surface area (TPSA) is 84.9 Å². The SMILES string of the molecule is COc1cccc(OC)c1C(=O)Nc1ccc(N(C)S(C)(=O)=O)cc1. The molecule has 0 spiro atoms. The van der Waals surface area contributed by atoms with Gasteiger partial charge in [0.05, 0.1) is 26.2 Å². The molecule has 0 aliphatic carbocycles. The van der Waals surface area contributed by atoms with E-state index in [1.807, 2.05) is 0 Å². The van der Waals surface area contributed by atoms with Crippen LogP contribution in [-0.2, 0) is 10.0 Å². The summed E-state index contributed by atoms with van der Waals surface area (Å²) in [5.74, 6) is 0.397. The predicted octanol–water partition coefficient (Wildman–Crippen LogP) is 2.35. The van der Waals surface area contributed by atoms with E-state index in [1.54, 1.807) is 42.5 Å². The van der Waals surface area contributed by atoms with Gasteiger partial charge in [-0.25, -0.2) is 8.42 Å². The van der Waals surface area contributed by atoms with Crippen LogP contribution in [0.1, 0.15) is 10.4 Å². The van der Waals surface area contributed by atoms with Crippen LogP contribution in [0, 0.1) is 0 Å². The molecule has 2 aromatic rings. The lowest BCUT2D eigenvalue weighted by molar-refractivity contribution is 0.102. The number of carbonyl (C=O) groups is 1. The molecule has 134 valence electrons. The first-order valence-corrected chi connectivity index (χ1v) is 9.19. The van der Waals surface area contributed by atoms with E-state index in [9.17, 15) is 13.2 Å². The van der Waals surface area contributed by atoms with Crippen LogP contribution in [0.15, 0.2) is 42.5 Å². The lowest BCUT2D eigenvalue weighted by Crippen LogP contribution is -2.24. The van der Waals surface area contributed by atoms with E-state index in [2.05, 4.69) is 5.32 Å². The van der Waals surface area contributed by atoms with Gasteiger partial charge in [-0.1, -0.05) is 6.07 Å². The third-order valence-electron chi connectivity index (χ3n) is 3.64. The van der Waals surface area contributed by atoms with E-state index in [-0.39, 0.29) is 5.56 Å². The minimum Gasteiger partial charge on any atom is -0.496 e. The van der Waals surface area contributed by atoms with Gasteiger partial charge in [0, 0.05) is 12.7 Å². The fourth-order valence-electron chi connectivity index (χ4n) is 2.21. The molecule has 0 atom stereocenters. The summed E-state index contributed by atoms with van der Waals surface area (Å²) in [6.45, 7) is 0. The number of hydrogen-bond acceptors (Lipinski definition) is 5. The number of nitrogens with zero attached hydrogens (tertiary/aromatic N) is 1. The second-order valence-electron chi connectivity index (χ2n) is 5.27. The van der Waals surface area contributed by atoms with Crippen molar-refractivity contribution in [1.29, 1.82) is 0 Å². The van der Waals surface area contributed by atoms with E-state index in [1.165, 1.54) is 21.3 Å². The largest absolute Gasteiger partial charge is 0.496 e. The summed E-state index contributed by atoms with van der Waals surface area (Å²) in [6.07, 6.45) is 1.12. The van der Waals surface area contributed by atoms with Crippen molar-refractivity contribution in [2.75, 3.05) is 37.1 Å². The monoisotopic (exact) mass is 364 g/mol. The molecular formula is C17H20N2O5S. The second-order valence-corrected chi connectivity index (χ2v) is 7.28. The number of methoxy groups -OCH3 is 2. The molecule has 0 bridgehead atoms. The van der Waals surface area contributed by atoms with Crippen molar-refractivity contribution in [1.82, 2.24) is 0 Å². The Morgan fingerprint density at radius 3 is 1.96 bits per heavy atom. The lowest BCUT2D eigenvalue weighted by Gasteiger charge is -2.17. The number of carbonyl (C=O) groups excluding carboxylic acids is 1. The summed E-state index contributed by atoms with van der Waals surface area (Å²) in [7, 11) is 1.07. The van der Waals surface area contributed by atoms with E-state index in [0.29, 0.717) is 22.9 Å². The quantitative estimate of drug-likeness (QED) is 0.850. The standard InChI is InChI=1S/C17H20N2O5S/c1-19(25(4,21)22)13-10-8-12(9-11-13)18-17(20)16-14(23-2)6-5-7-15(16)24-3/h5-11H,1-4H3,(H,18,20). The highest BCUT2D eigenvalue weighted by atomic mass is 32.2. The Labute approximate surface area is 147 Å². The molecule has 2 aromatic carbocycles. The van der Waals surface area contributed by atoms with Gasteiger partial charge in [-0.3, -0.25) is 9.10 Å². The van der Waals surface area contributed by atoms with E-state index in [4.69, 9.17) is 9.47 Å². The van der Waals surface area contributed by atoms with Gasteiger partial charge in [-0.15, -0.1) is 0 Å². The second kappa shape index (κ2) is 7.43. The summed E-state index contributed by atoms with van der Waals surface area (Å²) < 4.78 is 34.7. The van der Waals surface area contributed by atoms with E-state index >= 15 is 0 Å². The molecule has 0 saturated heterocycles. The molecule has 2 rings (SSSR count). The molecular weight excluding hydrogens is 344 g/mol. The highest BCUT2D eigenvalue weighted by Gasteiger charge is 2.18. The molecule has 7 nitrogen and oxygen atoms in total. The maximum Gasteiger partial charge on any atom is 0.263 e. The Hall–Kier alpha value is -2.74. The number of rotatable bonds is 6. The Kier molecular flexibility index (Phi) is 5.53. The number of benzene rings is 2. The molecule has 0 aromatic heterocycles. The number of nitrogens with one attached hydrogen (secondary N) is 1. The van der Waals surface area contributed by atoms with Crippen molar-refractivity contribution in [3.8, 4) is 11.5 Å². The third-order valence-corrected chi connectivity index (χ3v) is 4.85. The predicted molar refractivity (Wildman–Crippen MR) is 97.2 cm³/mol. The van der Waals surface area contributed by atoms with Gasteiger partial charge in [0.2, 0.25) is 10.0 Å². The van der Waals surface area contributed by atoms with Crippen molar-refractivity contribution < 1.29 is 22.7 Å². The van der Waals surface area contributed by atoms with Gasteiger partial charge in [0.15, 0.2) is 0 Å². The molecule has 0 heterocycles. The molecule has 8 heteroatoms. The Morgan fingerprint density at radius 1 is 1.00 bits per heavy atom. The van der Waals surface area contributed by atoms with Crippen molar-refractivity contribution in [3.05, 3.63) is 48.0 Å². The van der Waals surface area contributed by atoms with E-state index in [0.717, 1.165) is 10.6 Å². The number of hydrogen-bond donors (Lipinski definition) is 1. The molecule has 25 heavy (non-hydrogen) atoms. The first kappa shape index (κ1) is 18.6. The molecule has 0 saturated carbocycles. The van der Waals surface area contributed by atoms with Crippen LogP contribution in [-0.4, -0.2) is 41.8 Å². The highest BCUT2D eigenvalue weighted by molar-refractivity contribution is 7.92. The van der Waals surface area contributed by atoms with Crippen LogP contribution in [0.3, 0.4) is 0 Å². The Balaban J connectivity index is 2.25. The molecule has 1 amide bonds. The maximum absolute atomic E-state index is 12.6. The first-order valence-electron chi connectivity index (χ1n) is 7.34. The maximum atomic E-state index is 12.6. The summed E-state index contributed by atoms with van der Waals surface area (Å²) in [6, 6.07) is 11.5. The average molecular weight is 364 g/mol. The fourth-order valence-corrected chi connectivity index (χ4v) is 2.72. The van der Waals surface area contributed by atoms with E-state index < -0.39 is 15.9 Å². The van der Waals surface area contributed by atoms with Gasteiger partial charge in [0.25, 0.3) is 5.91 Å². The highest BCUT2D eigenvalue weighted by Crippen LogP contribution is 2.29. The fraction of sp³-hybridized carbons (Fsp3) is 0.235. The number of anilines is 2. The number of sulfonamides is 1. The lowest BCUT2D eigenvalue weighted by atomic mass is 10.1. The van der Waals surface area contributed by atoms with Crippen molar-refractivity contribution in [2.45, 2.75) is 0 Å². The van der Waals surface area contributed by atoms with Gasteiger partial charge in [0.1, 0.15) is 17.1 Å². The van der Waals surface area contributed by atoms with Gasteiger partial charge >= 0.3 is 0 Å². The van der Waals surface area contributed by atoms with Crippen LogP contribution in [0.25, 0.3) is 0 Å². The summed E-state index contributed by atoms with van der Waals surface area (Å²) in [4.78, 5) is 12.6. The van der Waals surface area contributed by atoms with Crippen LogP contribution < -0.4 is 19.1 Å². The number of ether oxygens (including phenoxy) is 2. The van der Waals surface area contributed by atoms with Gasteiger partial charge in [-0.2, -0.15) is 0 Å². The Bertz CT molecular complexity index is 841. The summed E-state index contributed by atoms with van der Waals surface area (Å²) in [5, 5.41) is 2.75. The minimum atomic E-state index is -3.34. The van der Waals surface area contributed by atoms with Crippen LogP contribution in [0.4, 0.5) is 11.4 Å². The minimum absolute atomic E-state index is 0.282. The zero-order valence-electron chi connectivity index (χ0n) is 14.4. The van der Waals surface area contributed by atoms with Gasteiger partial charge in [-0.05, 0) is 36.4 Å². The zero-order valence-corrected chi connectivity index (χ0v) is 15.3. The molecule has 0 radical (unpaired) electrons. The molecule has 0 unspecified atom stereocenters. The summed E-state index contributed by atoms with van der Waals surface area (Å²) in [5.41, 5.74) is 1.30. The summed E-state index contributed by atoms with van der Waals surface area (Å²) >= 11 is 0. The molecule has 0 aliphatic heterocycles. The first-order chi connectivity index (χ1) is 11.8. The van der Waals surface area contributed by atoms with Crippen molar-refractivity contribution in [3.63, 3.8) is 0 Å². The average Bonchev–Trinajstić information content (AvgIpc) is 2.60. The van der Waals surface area contributed by atoms with Crippen molar-refractivity contribution in [2.24, 2.45) is 0 Å². The van der Waals surface area contributed by atoms with Crippen LogP contribution >= 0.6 is 0 Å². The van der Waals surface area contributed by atoms with Gasteiger partial charge < -0.3 is 14.8 Å². The third kappa shape index (κ3) is 4.21. The Morgan fingerprint density at radius 2 is 1.52 bits per heavy atom. The van der Waals surface area contributed by atoms with Crippen LogP contribution in [0.5, 0.6) is 11.5 Å². The van der Waals surface area contributed by atoms with Crippen molar-refractivity contribution >= 4 is 27.3 Å². The smallest absolute Gasteiger partial charge is 0.263 e.